The molecule has 0 saturated carbocycles. The van der Waals surface area contributed by atoms with Crippen molar-refractivity contribution in [3.05, 3.63) is 48.3 Å². The summed E-state index contributed by atoms with van der Waals surface area (Å²) in [6.45, 7) is 1.65. The Morgan fingerprint density at radius 3 is 2.73 bits per heavy atom. The van der Waals surface area contributed by atoms with Crippen LogP contribution < -0.4 is 5.73 Å². The molecule has 0 fully saturated rings. The number of hydrogen-bond acceptors (Lipinski definition) is 3. The van der Waals surface area contributed by atoms with E-state index >= 15 is 0 Å². The lowest BCUT2D eigenvalue weighted by Crippen LogP contribution is -2.18. The van der Waals surface area contributed by atoms with Gasteiger partial charge in [-0.25, -0.2) is 9.37 Å². The van der Waals surface area contributed by atoms with E-state index < -0.39 is 0 Å². The van der Waals surface area contributed by atoms with Gasteiger partial charge in [-0.05, 0) is 38.4 Å². The Hall–Kier alpha value is -2.40. The van der Waals surface area contributed by atoms with E-state index in [0.717, 1.165) is 30.0 Å². The zero-order chi connectivity index (χ0) is 15.7. The SMILES string of the molecule is CN(C)CCn1c(-c2cccc(N)c2)nc2cc(F)ccc21. The van der Waals surface area contributed by atoms with Crippen LogP contribution in [-0.4, -0.2) is 35.1 Å². The number of fused-ring (bicyclic) bond motifs is 1. The molecule has 1 aromatic heterocycles. The number of benzene rings is 2. The summed E-state index contributed by atoms with van der Waals surface area (Å²) in [7, 11) is 4.05. The van der Waals surface area contributed by atoms with Gasteiger partial charge in [0.1, 0.15) is 11.6 Å². The predicted octanol–water partition coefficient (Wildman–Crippen LogP) is 2.99. The van der Waals surface area contributed by atoms with Crippen LogP contribution in [0.25, 0.3) is 22.4 Å². The van der Waals surface area contributed by atoms with Crippen molar-refractivity contribution in [3.63, 3.8) is 0 Å². The van der Waals surface area contributed by atoms with Crippen LogP contribution in [0.15, 0.2) is 42.5 Å². The monoisotopic (exact) mass is 298 g/mol. The second-order valence-electron chi connectivity index (χ2n) is 5.65. The van der Waals surface area contributed by atoms with E-state index in [4.69, 9.17) is 5.73 Å². The van der Waals surface area contributed by atoms with Crippen molar-refractivity contribution in [1.82, 2.24) is 14.5 Å². The fourth-order valence-corrected chi connectivity index (χ4v) is 2.53. The van der Waals surface area contributed by atoms with Crippen molar-refractivity contribution in [2.45, 2.75) is 6.54 Å². The van der Waals surface area contributed by atoms with E-state index in [2.05, 4.69) is 14.5 Å². The second kappa shape index (κ2) is 5.77. The summed E-state index contributed by atoms with van der Waals surface area (Å²) >= 11 is 0. The molecule has 0 radical (unpaired) electrons. The van der Waals surface area contributed by atoms with Crippen molar-refractivity contribution in [2.75, 3.05) is 26.4 Å². The third-order valence-corrected chi connectivity index (χ3v) is 3.63. The molecule has 0 bridgehead atoms. The van der Waals surface area contributed by atoms with Crippen molar-refractivity contribution in [3.8, 4) is 11.4 Å². The zero-order valence-corrected chi connectivity index (χ0v) is 12.8. The molecule has 3 rings (SSSR count). The Kier molecular flexibility index (Phi) is 3.81. The molecule has 1 heterocycles. The van der Waals surface area contributed by atoms with Gasteiger partial charge in [0.25, 0.3) is 0 Å². The van der Waals surface area contributed by atoms with Crippen LogP contribution >= 0.6 is 0 Å². The van der Waals surface area contributed by atoms with E-state index in [-0.39, 0.29) is 5.82 Å². The van der Waals surface area contributed by atoms with Gasteiger partial charge in [-0.15, -0.1) is 0 Å². The first-order valence-corrected chi connectivity index (χ1v) is 7.21. The fourth-order valence-electron chi connectivity index (χ4n) is 2.53. The largest absolute Gasteiger partial charge is 0.399 e. The van der Waals surface area contributed by atoms with Crippen LogP contribution in [-0.2, 0) is 6.54 Å². The number of hydrogen-bond donors (Lipinski definition) is 1. The molecule has 2 N–H and O–H groups in total. The molecule has 4 nitrogen and oxygen atoms in total. The first-order chi connectivity index (χ1) is 10.5. The molecule has 114 valence electrons. The number of aromatic nitrogens is 2. The van der Waals surface area contributed by atoms with Crippen LogP contribution in [0.3, 0.4) is 0 Å². The number of rotatable bonds is 4. The summed E-state index contributed by atoms with van der Waals surface area (Å²) in [6.07, 6.45) is 0. The molecule has 0 unspecified atom stereocenters. The van der Waals surface area contributed by atoms with E-state index in [1.54, 1.807) is 6.07 Å². The Balaban J connectivity index is 2.16. The average molecular weight is 298 g/mol. The number of imidazole rings is 1. The minimum atomic E-state index is -0.274. The topological polar surface area (TPSA) is 47.1 Å². The zero-order valence-electron chi connectivity index (χ0n) is 12.8. The molecule has 0 saturated heterocycles. The van der Waals surface area contributed by atoms with Crippen molar-refractivity contribution in [2.24, 2.45) is 0 Å². The highest BCUT2D eigenvalue weighted by Crippen LogP contribution is 2.26. The summed E-state index contributed by atoms with van der Waals surface area (Å²) < 4.78 is 15.6. The Labute approximate surface area is 129 Å². The van der Waals surface area contributed by atoms with E-state index in [1.165, 1.54) is 12.1 Å². The van der Waals surface area contributed by atoms with Crippen LogP contribution in [0.1, 0.15) is 0 Å². The van der Waals surface area contributed by atoms with Gasteiger partial charge in [-0.2, -0.15) is 0 Å². The number of nitrogen functional groups attached to an aromatic ring is 1. The van der Waals surface area contributed by atoms with Gasteiger partial charge in [0, 0.05) is 30.4 Å². The number of halogens is 1. The lowest BCUT2D eigenvalue weighted by molar-refractivity contribution is 0.387. The first kappa shape index (κ1) is 14.5. The van der Waals surface area contributed by atoms with E-state index in [0.29, 0.717) is 11.2 Å². The highest BCUT2D eigenvalue weighted by molar-refractivity contribution is 5.81. The van der Waals surface area contributed by atoms with Crippen LogP contribution in [0.4, 0.5) is 10.1 Å². The maximum absolute atomic E-state index is 13.5. The van der Waals surface area contributed by atoms with E-state index in [9.17, 15) is 4.39 Å². The Morgan fingerprint density at radius 1 is 1.18 bits per heavy atom. The van der Waals surface area contributed by atoms with Crippen LogP contribution in [0.2, 0.25) is 0 Å². The van der Waals surface area contributed by atoms with Crippen molar-refractivity contribution in [1.29, 1.82) is 0 Å². The maximum Gasteiger partial charge on any atom is 0.141 e. The number of nitrogens with two attached hydrogens (primary N) is 1. The highest BCUT2D eigenvalue weighted by Gasteiger charge is 2.13. The number of nitrogens with zero attached hydrogens (tertiary/aromatic N) is 3. The number of likely N-dealkylation sites (N-methyl/N-ethyl adjacent to an activating group) is 1. The Bertz CT molecular complexity index is 808. The van der Waals surface area contributed by atoms with Gasteiger partial charge >= 0.3 is 0 Å². The maximum atomic E-state index is 13.5. The molecule has 0 aliphatic heterocycles. The average Bonchev–Trinajstić information content (AvgIpc) is 2.82. The van der Waals surface area contributed by atoms with Crippen molar-refractivity contribution >= 4 is 16.7 Å². The minimum Gasteiger partial charge on any atom is -0.399 e. The molecule has 0 aliphatic rings. The molecule has 0 aliphatic carbocycles. The summed E-state index contributed by atoms with van der Waals surface area (Å²) in [6, 6.07) is 12.3. The summed E-state index contributed by atoms with van der Waals surface area (Å²) in [5.41, 5.74) is 9.11. The van der Waals surface area contributed by atoms with Gasteiger partial charge in [-0.3, -0.25) is 0 Å². The first-order valence-electron chi connectivity index (χ1n) is 7.21. The number of anilines is 1. The third kappa shape index (κ3) is 2.80. The standard InChI is InChI=1S/C17H19FN4/c1-21(2)8-9-22-16-7-6-13(18)11-15(16)20-17(22)12-4-3-5-14(19)10-12/h3-7,10-11H,8-9,19H2,1-2H3. The quantitative estimate of drug-likeness (QED) is 0.753. The smallest absolute Gasteiger partial charge is 0.141 e. The normalized spacial score (nSPS) is 11.5. The van der Waals surface area contributed by atoms with Crippen LogP contribution in [0, 0.1) is 5.82 Å². The summed E-state index contributed by atoms with van der Waals surface area (Å²) in [5, 5.41) is 0. The molecule has 2 aromatic carbocycles. The van der Waals surface area contributed by atoms with Gasteiger partial charge < -0.3 is 15.2 Å². The lowest BCUT2D eigenvalue weighted by atomic mass is 10.2. The molecule has 0 atom stereocenters. The van der Waals surface area contributed by atoms with Crippen LogP contribution in [0.5, 0.6) is 0 Å². The molecule has 3 aromatic rings. The van der Waals surface area contributed by atoms with Gasteiger partial charge in [0.05, 0.1) is 11.0 Å². The van der Waals surface area contributed by atoms with Gasteiger partial charge in [0.2, 0.25) is 0 Å². The minimum absolute atomic E-state index is 0.274. The Morgan fingerprint density at radius 2 is 2.00 bits per heavy atom. The van der Waals surface area contributed by atoms with Crippen molar-refractivity contribution < 1.29 is 4.39 Å². The molecular formula is C17H19FN4. The molecule has 0 amide bonds. The molecular weight excluding hydrogens is 279 g/mol. The summed E-state index contributed by atoms with van der Waals surface area (Å²) in [4.78, 5) is 6.72. The summed E-state index contributed by atoms with van der Waals surface area (Å²) in [5.74, 6) is 0.540. The lowest BCUT2D eigenvalue weighted by Gasteiger charge is -2.13. The predicted molar refractivity (Wildman–Crippen MR) is 88.1 cm³/mol. The molecule has 22 heavy (non-hydrogen) atoms. The molecule has 0 spiro atoms. The molecule has 5 heteroatoms. The fraction of sp³-hybridized carbons (Fsp3) is 0.235. The second-order valence-corrected chi connectivity index (χ2v) is 5.65. The van der Waals surface area contributed by atoms with Gasteiger partial charge in [-0.1, -0.05) is 12.1 Å². The highest BCUT2D eigenvalue weighted by atomic mass is 19.1. The third-order valence-electron chi connectivity index (χ3n) is 3.63. The van der Waals surface area contributed by atoms with Gasteiger partial charge in [0.15, 0.2) is 0 Å². The van der Waals surface area contributed by atoms with E-state index in [1.807, 2.05) is 38.4 Å².